The summed E-state index contributed by atoms with van der Waals surface area (Å²) in [7, 11) is 0. The summed E-state index contributed by atoms with van der Waals surface area (Å²) >= 11 is 0. The Balaban J connectivity index is 2.99. The van der Waals surface area contributed by atoms with Gasteiger partial charge in [0, 0.05) is 11.9 Å². The Morgan fingerprint density at radius 2 is 2.09 bits per heavy atom. The van der Waals surface area contributed by atoms with E-state index in [0.717, 1.165) is 6.20 Å². The van der Waals surface area contributed by atoms with Crippen LogP contribution in [-0.4, -0.2) is 4.98 Å². The fourth-order valence-electron chi connectivity index (χ4n) is 0.578. The first-order chi connectivity index (χ1) is 5.00. The van der Waals surface area contributed by atoms with Gasteiger partial charge >= 0.3 is 6.18 Å². The lowest BCUT2D eigenvalue weighted by Crippen LogP contribution is -2.05. The van der Waals surface area contributed by atoms with E-state index < -0.39 is 11.7 Å². The first-order valence-electron chi connectivity index (χ1n) is 2.91. The number of aryl methyl sites for hydroxylation is 1. The van der Waals surface area contributed by atoms with E-state index in [4.69, 9.17) is 0 Å². The van der Waals surface area contributed by atoms with Gasteiger partial charge in [-0.2, -0.15) is 13.2 Å². The van der Waals surface area contributed by atoms with Gasteiger partial charge in [0.25, 0.3) is 0 Å². The van der Waals surface area contributed by atoms with Crippen molar-refractivity contribution in [3.8, 4) is 0 Å². The number of alkyl halides is 3. The van der Waals surface area contributed by atoms with Gasteiger partial charge in [0.15, 0.2) is 0 Å². The monoisotopic (exact) mass is 160 g/mol. The summed E-state index contributed by atoms with van der Waals surface area (Å²) in [5, 5.41) is 0. The average molecular weight is 160 g/mol. The van der Waals surface area contributed by atoms with Crippen molar-refractivity contribution in [3.63, 3.8) is 0 Å². The van der Waals surface area contributed by atoms with Crippen LogP contribution < -0.4 is 0 Å². The van der Waals surface area contributed by atoms with Crippen LogP contribution in [-0.2, 0) is 6.18 Å². The van der Waals surface area contributed by atoms with Gasteiger partial charge in [-0.15, -0.1) is 0 Å². The summed E-state index contributed by atoms with van der Waals surface area (Å²) in [6.07, 6.45) is -3.56. The first-order valence-corrected chi connectivity index (χ1v) is 2.91. The molecule has 0 spiro atoms. The smallest absolute Gasteiger partial charge is 0.261 e. The molecular weight excluding hydrogens is 155 g/mol. The second-order valence-electron chi connectivity index (χ2n) is 2.10. The summed E-state index contributed by atoms with van der Waals surface area (Å²) in [6, 6.07) is 3.30. The lowest BCUT2D eigenvalue weighted by Gasteiger charge is -2.04. The van der Waals surface area contributed by atoms with Crippen molar-refractivity contribution in [2.75, 3.05) is 0 Å². The van der Waals surface area contributed by atoms with Crippen LogP contribution in [0.1, 0.15) is 11.3 Å². The molecule has 1 aromatic rings. The molecular formula is C7H5F3N. The van der Waals surface area contributed by atoms with E-state index in [9.17, 15) is 13.2 Å². The van der Waals surface area contributed by atoms with Gasteiger partial charge in [-0.05, 0) is 19.1 Å². The highest BCUT2D eigenvalue weighted by atomic mass is 19.4. The van der Waals surface area contributed by atoms with Gasteiger partial charge in [0.2, 0.25) is 0 Å². The molecule has 0 atom stereocenters. The van der Waals surface area contributed by atoms with Crippen LogP contribution in [0.3, 0.4) is 0 Å². The molecule has 1 rings (SSSR count). The number of aromatic nitrogens is 1. The topological polar surface area (TPSA) is 12.9 Å². The van der Waals surface area contributed by atoms with E-state index in [1.807, 2.05) is 0 Å². The Morgan fingerprint density at radius 1 is 1.45 bits per heavy atom. The lowest BCUT2D eigenvalue weighted by molar-refractivity contribution is -0.138. The zero-order chi connectivity index (χ0) is 8.48. The molecule has 0 saturated heterocycles. The van der Waals surface area contributed by atoms with Gasteiger partial charge in [-0.3, -0.25) is 4.98 Å². The SMILES string of the molecule is Cc1c[c]c(C(F)(F)F)cn1. The molecule has 0 unspecified atom stereocenters. The summed E-state index contributed by atoms with van der Waals surface area (Å²) in [5.74, 6) is 0. The molecule has 1 radical (unpaired) electrons. The predicted octanol–water partition coefficient (Wildman–Crippen LogP) is 2.21. The van der Waals surface area contributed by atoms with Crippen LogP contribution >= 0.6 is 0 Å². The minimum Gasteiger partial charge on any atom is -0.261 e. The van der Waals surface area contributed by atoms with Crippen LogP contribution in [0.4, 0.5) is 13.2 Å². The highest BCUT2D eigenvalue weighted by Crippen LogP contribution is 2.27. The van der Waals surface area contributed by atoms with Crippen molar-refractivity contribution in [2.45, 2.75) is 13.1 Å². The summed E-state index contributed by atoms with van der Waals surface area (Å²) in [5.41, 5.74) is -0.305. The standard InChI is InChI=1S/C7H5F3N/c1-5-2-3-6(4-11-5)7(8,9)10/h2,4H,1H3. The quantitative estimate of drug-likeness (QED) is 0.567. The molecule has 0 aromatic carbocycles. The molecule has 0 aliphatic carbocycles. The van der Waals surface area contributed by atoms with E-state index in [1.54, 1.807) is 6.92 Å². The second kappa shape index (κ2) is 2.53. The number of pyridine rings is 1. The van der Waals surface area contributed by atoms with Crippen molar-refractivity contribution in [1.82, 2.24) is 4.98 Å². The maximum absolute atomic E-state index is 11.8. The van der Waals surface area contributed by atoms with E-state index in [-0.39, 0.29) is 0 Å². The van der Waals surface area contributed by atoms with Gasteiger partial charge in [0.1, 0.15) is 0 Å². The van der Waals surface area contributed by atoms with Crippen molar-refractivity contribution in [3.05, 3.63) is 29.6 Å². The summed E-state index contributed by atoms with van der Waals surface area (Å²) < 4.78 is 35.5. The fraction of sp³-hybridized carbons (Fsp3) is 0.286. The highest BCUT2D eigenvalue weighted by molar-refractivity contribution is 5.14. The Labute approximate surface area is 61.9 Å². The maximum atomic E-state index is 11.8. The Hall–Kier alpha value is -1.06. The van der Waals surface area contributed by atoms with Crippen LogP contribution in [0.5, 0.6) is 0 Å². The summed E-state index contributed by atoms with van der Waals surface area (Å²) in [6.45, 7) is 1.61. The normalized spacial score (nSPS) is 11.6. The van der Waals surface area contributed by atoms with Crippen molar-refractivity contribution < 1.29 is 13.2 Å². The molecule has 0 aliphatic rings. The van der Waals surface area contributed by atoms with Crippen molar-refractivity contribution in [2.24, 2.45) is 0 Å². The Bertz CT molecular complexity index is 237. The van der Waals surface area contributed by atoms with E-state index in [0.29, 0.717) is 5.69 Å². The summed E-state index contributed by atoms with van der Waals surface area (Å²) in [4.78, 5) is 3.49. The van der Waals surface area contributed by atoms with Gasteiger partial charge in [-0.25, -0.2) is 0 Å². The Morgan fingerprint density at radius 3 is 2.45 bits per heavy atom. The number of hydrogen-bond donors (Lipinski definition) is 0. The second-order valence-corrected chi connectivity index (χ2v) is 2.10. The van der Waals surface area contributed by atoms with Crippen LogP contribution in [0, 0.1) is 13.0 Å². The molecule has 11 heavy (non-hydrogen) atoms. The predicted molar refractivity (Wildman–Crippen MR) is 32.8 cm³/mol. The zero-order valence-electron chi connectivity index (χ0n) is 5.74. The molecule has 4 heteroatoms. The van der Waals surface area contributed by atoms with Crippen LogP contribution in [0.2, 0.25) is 0 Å². The first kappa shape index (κ1) is 8.04. The number of halogens is 3. The zero-order valence-corrected chi connectivity index (χ0v) is 5.74. The molecule has 1 aromatic heterocycles. The minimum atomic E-state index is -4.33. The molecule has 0 bridgehead atoms. The lowest BCUT2D eigenvalue weighted by atomic mass is 10.2. The molecule has 0 saturated carbocycles. The van der Waals surface area contributed by atoms with Gasteiger partial charge in [0.05, 0.1) is 5.56 Å². The third-order valence-corrected chi connectivity index (χ3v) is 1.14. The van der Waals surface area contributed by atoms with Gasteiger partial charge < -0.3 is 0 Å². The highest BCUT2D eigenvalue weighted by Gasteiger charge is 2.30. The number of rotatable bonds is 0. The Kier molecular flexibility index (Phi) is 1.85. The molecule has 1 heterocycles. The number of nitrogens with zero attached hydrogens (tertiary/aromatic N) is 1. The fourth-order valence-corrected chi connectivity index (χ4v) is 0.578. The minimum absolute atomic E-state index is 0.526. The largest absolute Gasteiger partial charge is 0.418 e. The van der Waals surface area contributed by atoms with E-state index >= 15 is 0 Å². The molecule has 0 fully saturated rings. The molecule has 0 amide bonds. The third-order valence-electron chi connectivity index (χ3n) is 1.14. The number of hydrogen-bond acceptors (Lipinski definition) is 1. The van der Waals surface area contributed by atoms with Crippen LogP contribution in [0.25, 0.3) is 0 Å². The van der Waals surface area contributed by atoms with Crippen molar-refractivity contribution >= 4 is 0 Å². The van der Waals surface area contributed by atoms with Crippen molar-refractivity contribution in [1.29, 1.82) is 0 Å². The molecule has 0 aliphatic heterocycles. The van der Waals surface area contributed by atoms with E-state index in [2.05, 4.69) is 11.1 Å². The third kappa shape index (κ3) is 1.93. The maximum Gasteiger partial charge on any atom is 0.418 e. The molecule has 0 N–H and O–H groups in total. The molecule has 1 nitrogen and oxygen atoms in total. The average Bonchev–Trinajstić information content (AvgIpc) is 1.86. The van der Waals surface area contributed by atoms with E-state index in [1.165, 1.54) is 6.07 Å². The van der Waals surface area contributed by atoms with Crippen LogP contribution in [0.15, 0.2) is 12.3 Å². The molecule has 59 valence electrons. The van der Waals surface area contributed by atoms with Gasteiger partial charge in [-0.1, -0.05) is 0 Å².